The van der Waals surface area contributed by atoms with E-state index in [-0.39, 0.29) is 5.91 Å². The summed E-state index contributed by atoms with van der Waals surface area (Å²) in [7, 11) is 0. The molecule has 1 aliphatic rings. The lowest BCUT2D eigenvalue weighted by Gasteiger charge is -2.25. The summed E-state index contributed by atoms with van der Waals surface area (Å²) in [5.74, 6) is 0.240. The van der Waals surface area contributed by atoms with E-state index in [1.54, 1.807) is 0 Å². The molecular weight excluding hydrogens is 292 g/mol. The molecule has 4 heteroatoms. The Kier molecular flexibility index (Phi) is 5.20. The molecule has 1 heterocycles. The van der Waals surface area contributed by atoms with Gasteiger partial charge < -0.3 is 10.2 Å². The second-order valence-electron chi connectivity index (χ2n) is 4.61. The quantitative estimate of drug-likeness (QED) is 0.908. The molecule has 18 heavy (non-hydrogen) atoms. The summed E-state index contributed by atoms with van der Waals surface area (Å²) >= 11 is 3.50. The van der Waals surface area contributed by atoms with Crippen LogP contribution in [0.4, 0.5) is 0 Å². The number of carbonyl (C=O) groups is 1. The van der Waals surface area contributed by atoms with Crippen LogP contribution < -0.4 is 5.32 Å². The van der Waals surface area contributed by atoms with E-state index in [0.717, 1.165) is 49.1 Å². The number of amides is 1. The first kappa shape index (κ1) is 13.6. The van der Waals surface area contributed by atoms with Gasteiger partial charge in [-0.05, 0) is 37.6 Å². The first-order valence-electron chi connectivity index (χ1n) is 6.49. The molecule has 1 saturated heterocycles. The minimum Gasteiger partial charge on any atom is -0.342 e. The molecule has 3 nitrogen and oxygen atoms in total. The fourth-order valence-corrected chi connectivity index (χ4v) is 2.62. The molecule has 1 amide bonds. The van der Waals surface area contributed by atoms with Gasteiger partial charge in [0.05, 0.1) is 6.42 Å². The molecule has 0 radical (unpaired) electrons. The van der Waals surface area contributed by atoms with Crippen LogP contribution in [0, 0.1) is 0 Å². The van der Waals surface area contributed by atoms with E-state index in [2.05, 4.69) is 21.2 Å². The molecule has 0 spiro atoms. The normalized spacial score (nSPS) is 17.1. The lowest BCUT2D eigenvalue weighted by Crippen LogP contribution is -2.38. The van der Waals surface area contributed by atoms with Gasteiger partial charge >= 0.3 is 0 Å². The van der Waals surface area contributed by atoms with Crippen LogP contribution in [0.25, 0.3) is 0 Å². The van der Waals surface area contributed by atoms with Crippen molar-refractivity contribution in [2.24, 2.45) is 0 Å². The number of nitrogens with zero attached hydrogens (tertiary/aromatic N) is 1. The molecule has 0 saturated carbocycles. The lowest BCUT2D eigenvalue weighted by atomic mass is 10.1. The predicted octanol–water partition coefficient (Wildman–Crippen LogP) is 2.20. The van der Waals surface area contributed by atoms with E-state index >= 15 is 0 Å². The number of nitrogens with one attached hydrogen (secondary N) is 1. The van der Waals surface area contributed by atoms with Gasteiger partial charge in [0.25, 0.3) is 0 Å². The highest BCUT2D eigenvalue weighted by Crippen LogP contribution is 2.17. The molecule has 2 rings (SSSR count). The number of benzene rings is 1. The van der Waals surface area contributed by atoms with Gasteiger partial charge in [-0.1, -0.05) is 34.1 Å². The van der Waals surface area contributed by atoms with Gasteiger partial charge in [-0.2, -0.15) is 0 Å². The fourth-order valence-electron chi connectivity index (χ4n) is 2.19. The van der Waals surface area contributed by atoms with Gasteiger partial charge in [0.2, 0.25) is 5.91 Å². The number of rotatable bonds is 2. The first-order valence-corrected chi connectivity index (χ1v) is 7.28. The molecule has 0 aromatic heterocycles. The predicted molar refractivity (Wildman–Crippen MR) is 76.5 cm³/mol. The van der Waals surface area contributed by atoms with Gasteiger partial charge in [0.1, 0.15) is 0 Å². The Bertz CT molecular complexity index is 401. The molecule has 0 aliphatic carbocycles. The minimum absolute atomic E-state index is 0.240. The number of hydrogen-bond acceptors (Lipinski definition) is 2. The van der Waals surface area contributed by atoms with Crippen molar-refractivity contribution in [3.63, 3.8) is 0 Å². The Labute approximate surface area is 117 Å². The maximum Gasteiger partial charge on any atom is 0.227 e. The van der Waals surface area contributed by atoms with Crippen LogP contribution in [-0.2, 0) is 11.2 Å². The van der Waals surface area contributed by atoms with Crippen LogP contribution in [0.3, 0.4) is 0 Å². The fraction of sp³-hybridized carbons (Fsp3) is 0.500. The summed E-state index contributed by atoms with van der Waals surface area (Å²) in [6, 6.07) is 7.94. The Morgan fingerprint density at radius 3 is 2.56 bits per heavy atom. The molecule has 1 aliphatic heterocycles. The van der Waals surface area contributed by atoms with Crippen LogP contribution in [-0.4, -0.2) is 37.0 Å². The summed E-state index contributed by atoms with van der Waals surface area (Å²) in [6.45, 7) is 3.77. The maximum absolute atomic E-state index is 12.3. The molecule has 0 bridgehead atoms. The largest absolute Gasteiger partial charge is 0.342 e. The first-order chi connectivity index (χ1) is 8.77. The standard InChI is InChI=1S/C14H19BrN2O/c15-13-6-2-1-5-12(13)11-14(18)17-9-3-7-16-8-4-10-17/h1-2,5-6,16H,3-4,7-11H2. The maximum atomic E-state index is 12.3. The van der Waals surface area contributed by atoms with E-state index in [4.69, 9.17) is 0 Å². The number of carbonyl (C=O) groups excluding carboxylic acids is 1. The van der Waals surface area contributed by atoms with Crippen LogP contribution in [0.1, 0.15) is 18.4 Å². The highest BCUT2D eigenvalue weighted by atomic mass is 79.9. The summed E-state index contributed by atoms with van der Waals surface area (Å²) in [5.41, 5.74) is 1.07. The van der Waals surface area contributed by atoms with Crippen LogP contribution in [0.5, 0.6) is 0 Å². The van der Waals surface area contributed by atoms with Crippen molar-refractivity contribution in [1.82, 2.24) is 10.2 Å². The summed E-state index contributed by atoms with van der Waals surface area (Å²) in [5, 5.41) is 3.36. The van der Waals surface area contributed by atoms with Gasteiger partial charge in [-0.25, -0.2) is 0 Å². The van der Waals surface area contributed by atoms with Crippen LogP contribution in [0.2, 0.25) is 0 Å². The second-order valence-corrected chi connectivity index (χ2v) is 5.46. The third-order valence-corrected chi connectivity index (χ3v) is 3.99. The SMILES string of the molecule is O=C(Cc1ccccc1Br)N1CCCNCCC1. The van der Waals surface area contributed by atoms with Gasteiger partial charge in [-0.3, -0.25) is 4.79 Å². The van der Waals surface area contributed by atoms with Crippen molar-refractivity contribution in [3.05, 3.63) is 34.3 Å². The molecule has 1 aromatic carbocycles. The third-order valence-electron chi connectivity index (χ3n) is 3.22. The smallest absolute Gasteiger partial charge is 0.227 e. The van der Waals surface area contributed by atoms with Crippen molar-refractivity contribution >= 4 is 21.8 Å². The van der Waals surface area contributed by atoms with Crippen LogP contribution >= 0.6 is 15.9 Å². The molecule has 1 N–H and O–H groups in total. The zero-order chi connectivity index (χ0) is 12.8. The average Bonchev–Trinajstić information content (AvgIpc) is 2.31. The zero-order valence-corrected chi connectivity index (χ0v) is 12.1. The van der Waals surface area contributed by atoms with E-state index in [1.807, 2.05) is 29.2 Å². The van der Waals surface area contributed by atoms with Gasteiger partial charge in [0.15, 0.2) is 0 Å². The van der Waals surface area contributed by atoms with Crippen molar-refractivity contribution in [2.75, 3.05) is 26.2 Å². The molecule has 98 valence electrons. The van der Waals surface area contributed by atoms with Crippen molar-refractivity contribution in [1.29, 1.82) is 0 Å². The highest BCUT2D eigenvalue weighted by molar-refractivity contribution is 9.10. The molecule has 0 atom stereocenters. The number of hydrogen-bond donors (Lipinski definition) is 1. The highest BCUT2D eigenvalue weighted by Gasteiger charge is 2.15. The third kappa shape index (κ3) is 3.82. The van der Waals surface area contributed by atoms with E-state index < -0.39 is 0 Å². The molecule has 0 unspecified atom stereocenters. The lowest BCUT2D eigenvalue weighted by molar-refractivity contribution is -0.130. The van der Waals surface area contributed by atoms with E-state index in [1.165, 1.54) is 0 Å². The monoisotopic (exact) mass is 310 g/mol. The van der Waals surface area contributed by atoms with E-state index in [0.29, 0.717) is 6.42 Å². The Balaban J connectivity index is 1.96. The number of halogens is 1. The summed E-state index contributed by atoms with van der Waals surface area (Å²) in [4.78, 5) is 14.3. The van der Waals surface area contributed by atoms with Gasteiger partial charge in [0, 0.05) is 17.6 Å². The second kappa shape index (κ2) is 6.90. The minimum atomic E-state index is 0.240. The van der Waals surface area contributed by atoms with Crippen molar-refractivity contribution in [3.8, 4) is 0 Å². The topological polar surface area (TPSA) is 32.3 Å². The molecular formula is C14H19BrN2O. The average molecular weight is 311 g/mol. The van der Waals surface area contributed by atoms with Crippen molar-refractivity contribution < 1.29 is 4.79 Å². The Morgan fingerprint density at radius 1 is 1.22 bits per heavy atom. The summed E-state index contributed by atoms with van der Waals surface area (Å²) < 4.78 is 1.02. The summed E-state index contributed by atoms with van der Waals surface area (Å²) in [6.07, 6.45) is 2.58. The van der Waals surface area contributed by atoms with Crippen LogP contribution in [0.15, 0.2) is 28.7 Å². The Hall–Kier alpha value is -0.870. The van der Waals surface area contributed by atoms with Crippen molar-refractivity contribution in [2.45, 2.75) is 19.3 Å². The molecule has 1 aromatic rings. The van der Waals surface area contributed by atoms with Gasteiger partial charge in [-0.15, -0.1) is 0 Å². The zero-order valence-electron chi connectivity index (χ0n) is 10.5. The molecule has 1 fully saturated rings. The van der Waals surface area contributed by atoms with E-state index in [9.17, 15) is 4.79 Å². The Morgan fingerprint density at radius 2 is 1.89 bits per heavy atom.